The molecule has 0 aliphatic carbocycles. The number of ether oxygens (including phenoxy) is 1. The van der Waals surface area contributed by atoms with Gasteiger partial charge in [-0.1, -0.05) is 18.2 Å². The van der Waals surface area contributed by atoms with Crippen LogP contribution in [0.1, 0.15) is 32.7 Å². The van der Waals surface area contributed by atoms with Crippen LogP contribution in [0.3, 0.4) is 0 Å². The highest BCUT2D eigenvalue weighted by Crippen LogP contribution is 2.24. The first-order chi connectivity index (χ1) is 12.9. The molecule has 1 heterocycles. The number of halogens is 2. The monoisotopic (exact) mass is 374 g/mol. The Bertz CT molecular complexity index is 841. The second kappa shape index (κ2) is 8.16. The van der Waals surface area contributed by atoms with Crippen molar-refractivity contribution in [2.24, 2.45) is 11.7 Å². The first-order valence-corrected chi connectivity index (χ1v) is 8.65. The number of nitrogens with two attached hydrogens (primary N) is 1. The zero-order chi connectivity index (χ0) is 19.4. The molecule has 142 valence electrons. The summed E-state index contributed by atoms with van der Waals surface area (Å²) in [5.41, 5.74) is 7.10. The van der Waals surface area contributed by atoms with E-state index in [0.29, 0.717) is 24.2 Å². The van der Waals surface area contributed by atoms with Crippen molar-refractivity contribution >= 4 is 11.8 Å². The van der Waals surface area contributed by atoms with Gasteiger partial charge in [-0.05, 0) is 54.7 Å². The molecule has 1 atom stereocenters. The van der Waals surface area contributed by atoms with Gasteiger partial charge in [0.1, 0.15) is 5.75 Å². The predicted molar refractivity (Wildman–Crippen MR) is 95.7 cm³/mol. The smallest absolute Gasteiger partial charge is 0.387 e. The third-order valence-corrected chi connectivity index (χ3v) is 4.62. The van der Waals surface area contributed by atoms with Crippen molar-refractivity contribution in [2.75, 3.05) is 13.1 Å². The van der Waals surface area contributed by atoms with Crippen molar-refractivity contribution in [1.82, 2.24) is 4.90 Å². The minimum absolute atomic E-state index is 0.0325. The fourth-order valence-electron chi connectivity index (χ4n) is 3.36. The number of likely N-dealkylation sites (tertiary alicyclic amines) is 1. The number of carbonyl (C=O) groups is 2. The van der Waals surface area contributed by atoms with E-state index in [1.165, 1.54) is 18.2 Å². The number of benzene rings is 2. The molecule has 27 heavy (non-hydrogen) atoms. The van der Waals surface area contributed by atoms with Crippen LogP contribution in [0.4, 0.5) is 8.78 Å². The van der Waals surface area contributed by atoms with Gasteiger partial charge in [0, 0.05) is 24.2 Å². The maximum Gasteiger partial charge on any atom is 0.387 e. The number of carbonyl (C=O) groups excluding carboxylic acids is 2. The van der Waals surface area contributed by atoms with Crippen LogP contribution in [-0.2, 0) is 6.42 Å². The highest BCUT2D eigenvalue weighted by atomic mass is 19.3. The quantitative estimate of drug-likeness (QED) is 0.845. The summed E-state index contributed by atoms with van der Waals surface area (Å²) < 4.78 is 29.0. The van der Waals surface area contributed by atoms with E-state index in [9.17, 15) is 18.4 Å². The van der Waals surface area contributed by atoms with E-state index >= 15 is 0 Å². The summed E-state index contributed by atoms with van der Waals surface area (Å²) in [6.07, 6.45) is 1.57. The number of nitrogens with zero attached hydrogens (tertiary/aromatic N) is 1. The van der Waals surface area contributed by atoms with E-state index in [2.05, 4.69) is 4.74 Å². The highest BCUT2D eigenvalue weighted by molar-refractivity contribution is 5.95. The summed E-state index contributed by atoms with van der Waals surface area (Å²) in [5.74, 6) is -0.443. The Morgan fingerprint density at radius 2 is 1.89 bits per heavy atom. The number of primary amides is 1. The van der Waals surface area contributed by atoms with Crippen LogP contribution >= 0.6 is 0 Å². The first kappa shape index (κ1) is 18.8. The molecule has 3 rings (SSSR count). The van der Waals surface area contributed by atoms with Gasteiger partial charge >= 0.3 is 6.61 Å². The summed E-state index contributed by atoms with van der Waals surface area (Å²) >= 11 is 0. The molecule has 1 saturated heterocycles. The molecule has 0 bridgehead atoms. The maximum atomic E-state index is 12.6. The maximum absolute atomic E-state index is 12.6. The number of amides is 2. The van der Waals surface area contributed by atoms with Crippen LogP contribution < -0.4 is 10.5 Å². The molecule has 7 heteroatoms. The second-order valence-electron chi connectivity index (χ2n) is 6.58. The van der Waals surface area contributed by atoms with Gasteiger partial charge in [-0.2, -0.15) is 8.78 Å². The van der Waals surface area contributed by atoms with Crippen LogP contribution in [-0.4, -0.2) is 36.4 Å². The van der Waals surface area contributed by atoms with E-state index in [-0.39, 0.29) is 17.6 Å². The van der Waals surface area contributed by atoms with Crippen LogP contribution in [0, 0.1) is 5.92 Å². The van der Waals surface area contributed by atoms with Gasteiger partial charge in [-0.25, -0.2) is 0 Å². The Kier molecular flexibility index (Phi) is 5.69. The average molecular weight is 374 g/mol. The lowest BCUT2D eigenvalue weighted by Crippen LogP contribution is -2.29. The van der Waals surface area contributed by atoms with Gasteiger partial charge in [0.2, 0.25) is 5.91 Å². The molecule has 0 radical (unpaired) electrons. The van der Waals surface area contributed by atoms with Crippen LogP contribution in [0.5, 0.6) is 5.75 Å². The molecule has 0 spiro atoms. The lowest BCUT2D eigenvalue weighted by Gasteiger charge is -2.17. The van der Waals surface area contributed by atoms with Crippen molar-refractivity contribution in [3.05, 3.63) is 65.2 Å². The molecule has 2 amide bonds. The molecular formula is C20H20F2N2O3. The fraction of sp³-hybridized carbons (Fsp3) is 0.300. The third-order valence-electron chi connectivity index (χ3n) is 4.62. The van der Waals surface area contributed by atoms with Gasteiger partial charge in [0.25, 0.3) is 5.91 Å². The van der Waals surface area contributed by atoms with Crippen molar-refractivity contribution in [3.63, 3.8) is 0 Å². The van der Waals surface area contributed by atoms with E-state index in [1.807, 2.05) is 6.07 Å². The van der Waals surface area contributed by atoms with Crippen molar-refractivity contribution in [1.29, 1.82) is 0 Å². The van der Waals surface area contributed by atoms with Crippen molar-refractivity contribution in [2.45, 2.75) is 19.5 Å². The van der Waals surface area contributed by atoms with Gasteiger partial charge < -0.3 is 15.4 Å². The van der Waals surface area contributed by atoms with E-state index in [1.54, 1.807) is 29.2 Å². The third kappa shape index (κ3) is 4.81. The SMILES string of the molecule is NC(=O)c1cccc(C[C@@H]2CCN(C(=O)c3cccc(OC(F)F)c3)C2)c1. The van der Waals surface area contributed by atoms with Gasteiger partial charge in [0.15, 0.2) is 0 Å². The van der Waals surface area contributed by atoms with Crippen LogP contribution in [0.2, 0.25) is 0 Å². The Morgan fingerprint density at radius 3 is 2.63 bits per heavy atom. The Morgan fingerprint density at radius 1 is 1.15 bits per heavy atom. The number of rotatable bonds is 6. The predicted octanol–water partition coefficient (Wildman–Crippen LogP) is 3.09. The lowest BCUT2D eigenvalue weighted by molar-refractivity contribution is -0.0499. The molecule has 5 nitrogen and oxygen atoms in total. The topological polar surface area (TPSA) is 72.6 Å². The summed E-state index contributed by atoms with van der Waals surface area (Å²) in [4.78, 5) is 25.7. The molecule has 0 saturated carbocycles. The number of hydrogen-bond donors (Lipinski definition) is 1. The second-order valence-corrected chi connectivity index (χ2v) is 6.58. The molecular weight excluding hydrogens is 354 g/mol. The van der Waals surface area contributed by atoms with Crippen molar-refractivity contribution in [3.8, 4) is 5.75 Å². The summed E-state index contributed by atoms with van der Waals surface area (Å²) in [6, 6.07) is 13.0. The van der Waals surface area contributed by atoms with Gasteiger partial charge in [-0.15, -0.1) is 0 Å². The standard InChI is InChI=1S/C20H20F2N2O3/c21-20(22)27-17-6-2-5-16(11-17)19(26)24-8-7-14(12-24)9-13-3-1-4-15(10-13)18(23)25/h1-6,10-11,14,20H,7-9,12H2,(H2,23,25)/t14-/m0/s1. The van der Waals surface area contributed by atoms with E-state index in [0.717, 1.165) is 18.4 Å². The van der Waals surface area contributed by atoms with Crippen molar-refractivity contribution < 1.29 is 23.1 Å². The van der Waals surface area contributed by atoms with E-state index in [4.69, 9.17) is 5.73 Å². The van der Waals surface area contributed by atoms with Gasteiger partial charge in [0.05, 0.1) is 0 Å². The highest BCUT2D eigenvalue weighted by Gasteiger charge is 2.27. The number of alkyl halides is 2. The Labute approximate surface area is 155 Å². The largest absolute Gasteiger partial charge is 0.435 e. The van der Waals surface area contributed by atoms with Gasteiger partial charge in [-0.3, -0.25) is 9.59 Å². The lowest BCUT2D eigenvalue weighted by atomic mass is 9.97. The average Bonchev–Trinajstić information content (AvgIpc) is 3.09. The Hall–Kier alpha value is -2.96. The van der Waals surface area contributed by atoms with Crippen LogP contribution in [0.25, 0.3) is 0 Å². The van der Waals surface area contributed by atoms with E-state index < -0.39 is 12.5 Å². The molecule has 1 aliphatic heterocycles. The molecule has 2 aromatic rings. The molecule has 1 fully saturated rings. The summed E-state index contributed by atoms with van der Waals surface area (Å²) in [7, 11) is 0. The number of hydrogen-bond acceptors (Lipinski definition) is 3. The normalized spacial score (nSPS) is 16.6. The molecule has 1 aliphatic rings. The summed E-state index contributed by atoms with van der Waals surface area (Å²) in [6.45, 7) is -1.76. The fourth-order valence-corrected chi connectivity index (χ4v) is 3.36. The minimum Gasteiger partial charge on any atom is -0.435 e. The first-order valence-electron chi connectivity index (χ1n) is 8.65. The zero-order valence-electron chi connectivity index (χ0n) is 14.6. The molecule has 2 N–H and O–H groups in total. The summed E-state index contributed by atoms with van der Waals surface area (Å²) in [5, 5.41) is 0. The zero-order valence-corrected chi connectivity index (χ0v) is 14.6. The minimum atomic E-state index is -2.93. The molecule has 0 aromatic heterocycles. The molecule has 2 aromatic carbocycles. The van der Waals surface area contributed by atoms with Crippen LogP contribution in [0.15, 0.2) is 48.5 Å². The Balaban J connectivity index is 1.63. The molecule has 0 unspecified atom stereocenters.